The minimum Gasteiger partial charge on any atom is -0.466 e. The third-order valence-corrected chi connectivity index (χ3v) is 3.14. The molecule has 2 heterocycles. The van der Waals surface area contributed by atoms with Gasteiger partial charge in [-0.1, -0.05) is 0 Å². The highest BCUT2D eigenvalue weighted by molar-refractivity contribution is 5.34. The normalized spacial score (nSPS) is 13.0. The Morgan fingerprint density at radius 1 is 1.35 bits per heavy atom. The molecule has 0 aliphatic rings. The van der Waals surface area contributed by atoms with E-state index in [4.69, 9.17) is 4.42 Å². The molecule has 0 aromatic carbocycles. The fraction of sp³-hybridized carbons (Fsp3) is 0.462. The van der Waals surface area contributed by atoms with Gasteiger partial charge in [0.25, 0.3) is 0 Å². The molecule has 0 saturated carbocycles. The molecule has 0 bridgehead atoms. The molecule has 0 radical (unpaired) electrons. The highest BCUT2D eigenvalue weighted by Crippen LogP contribution is 2.28. The molecule has 0 fully saturated rings. The second-order valence-corrected chi connectivity index (χ2v) is 4.50. The largest absolute Gasteiger partial charge is 0.466 e. The van der Waals surface area contributed by atoms with Crippen molar-refractivity contribution in [2.24, 2.45) is 7.05 Å². The summed E-state index contributed by atoms with van der Waals surface area (Å²) in [6, 6.07) is 0. The van der Waals surface area contributed by atoms with Crippen molar-refractivity contribution < 1.29 is 9.52 Å². The van der Waals surface area contributed by atoms with Crippen LogP contribution < -0.4 is 0 Å². The second kappa shape index (κ2) is 4.37. The van der Waals surface area contributed by atoms with Gasteiger partial charge in [0.2, 0.25) is 0 Å². The number of nitrogens with zero attached hydrogens (tertiary/aromatic N) is 2. The Morgan fingerprint density at radius 2 is 2.06 bits per heavy atom. The molecule has 2 aromatic heterocycles. The van der Waals surface area contributed by atoms with Crippen LogP contribution in [-0.2, 0) is 13.5 Å². The van der Waals surface area contributed by atoms with Gasteiger partial charge in [-0.3, -0.25) is 4.68 Å². The van der Waals surface area contributed by atoms with Crippen LogP contribution >= 0.6 is 0 Å². The van der Waals surface area contributed by atoms with Gasteiger partial charge in [0, 0.05) is 25.2 Å². The number of aryl methyl sites for hydroxylation is 3. The van der Waals surface area contributed by atoms with E-state index < -0.39 is 6.10 Å². The van der Waals surface area contributed by atoms with E-state index in [9.17, 15) is 5.11 Å². The van der Waals surface area contributed by atoms with Gasteiger partial charge in [-0.2, -0.15) is 5.10 Å². The first-order chi connectivity index (χ1) is 7.99. The minimum absolute atomic E-state index is 0.531. The smallest absolute Gasteiger partial charge is 0.107 e. The van der Waals surface area contributed by atoms with Gasteiger partial charge < -0.3 is 9.52 Å². The zero-order valence-electron chi connectivity index (χ0n) is 10.7. The van der Waals surface area contributed by atoms with Crippen molar-refractivity contribution in [3.8, 4) is 0 Å². The topological polar surface area (TPSA) is 51.2 Å². The zero-order chi connectivity index (χ0) is 12.6. The molecule has 0 aliphatic heterocycles. The summed E-state index contributed by atoms with van der Waals surface area (Å²) in [6.45, 7) is 5.79. The minimum atomic E-state index is -0.531. The van der Waals surface area contributed by atoms with Crippen molar-refractivity contribution in [2.45, 2.75) is 33.3 Å². The molecule has 4 nitrogen and oxygen atoms in total. The van der Waals surface area contributed by atoms with Crippen molar-refractivity contribution in [1.29, 1.82) is 0 Å². The van der Waals surface area contributed by atoms with E-state index >= 15 is 0 Å². The standard InChI is InChI=1S/C13H18N2O2/c1-8-9(2)17-10(3)13(8)12(16)5-11-6-14-15(4)7-11/h6-7,12,16H,5H2,1-4H3. The second-order valence-electron chi connectivity index (χ2n) is 4.50. The summed E-state index contributed by atoms with van der Waals surface area (Å²) in [5.74, 6) is 1.68. The Balaban J connectivity index is 2.22. The highest BCUT2D eigenvalue weighted by atomic mass is 16.3. The number of rotatable bonds is 3. The Hall–Kier alpha value is -1.55. The molecule has 92 valence electrons. The number of aromatic nitrogens is 2. The molecule has 1 N–H and O–H groups in total. The lowest BCUT2D eigenvalue weighted by molar-refractivity contribution is 0.176. The average Bonchev–Trinajstić information content (AvgIpc) is 2.73. The third kappa shape index (κ3) is 2.26. The molecule has 17 heavy (non-hydrogen) atoms. The zero-order valence-corrected chi connectivity index (χ0v) is 10.7. The first kappa shape index (κ1) is 11.9. The highest BCUT2D eigenvalue weighted by Gasteiger charge is 2.19. The van der Waals surface area contributed by atoms with Gasteiger partial charge in [0.1, 0.15) is 11.5 Å². The summed E-state index contributed by atoms with van der Waals surface area (Å²) < 4.78 is 7.27. The van der Waals surface area contributed by atoms with Crippen LogP contribution in [0.5, 0.6) is 0 Å². The van der Waals surface area contributed by atoms with Gasteiger partial charge in [0.15, 0.2) is 0 Å². The molecule has 0 spiro atoms. The van der Waals surface area contributed by atoms with Gasteiger partial charge in [-0.05, 0) is 31.9 Å². The molecule has 1 atom stereocenters. The van der Waals surface area contributed by atoms with Gasteiger partial charge in [-0.25, -0.2) is 0 Å². The van der Waals surface area contributed by atoms with E-state index in [1.165, 1.54) is 0 Å². The Labute approximate surface area is 101 Å². The van der Waals surface area contributed by atoms with Gasteiger partial charge in [0.05, 0.1) is 12.3 Å². The SMILES string of the molecule is Cc1oc(C)c(C(O)Cc2cnn(C)c2)c1C. The van der Waals surface area contributed by atoms with Crippen LogP contribution in [-0.4, -0.2) is 14.9 Å². The van der Waals surface area contributed by atoms with Crippen LogP contribution in [0, 0.1) is 20.8 Å². The predicted octanol–water partition coefficient (Wildman–Crippen LogP) is 2.21. The third-order valence-electron chi connectivity index (χ3n) is 3.14. The first-order valence-electron chi connectivity index (χ1n) is 5.71. The number of hydrogen-bond donors (Lipinski definition) is 1. The molecular formula is C13H18N2O2. The maximum atomic E-state index is 10.3. The summed E-state index contributed by atoms with van der Waals surface area (Å²) in [5.41, 5.74) is 2.97. The molecule has 2 rings (SSSR count). The molecule has 4 heteroatoms. The summed E-state index contributed by atoms with van der Waals surface area (Å²) in [6.07, 6.45) is 3.73. The van der Waals surface area contributed by atoms with Crippen molar-refractivity contribution in [3.63, 3.8) is 0 Å². The van der Waals surface area contributed by atoms with E-state index in [1.807, 2.05) is 34.0 Å². The summed E-state index contributed by atoms with van der Waals surface area (Å²) in [7, 11) is 1.87. The first-order valence-corrected chi connectivity index (χ1v) is 5.71. The van der Waals surface area contributed by atoms with Crippen molar-refractivity contribution in [1.82, 2.24) is 9.78 Å². The number of hydrogen-bond acceptors (Lipinski definition) is 3. The van der Waals surface area contributed by atoms with Crippen LogP contribution in [0.2, 0.25) is 0 Å². The lowest BCUT2D eigenvalue weighted by Gasteiger charge is -2.09. The van der Waals surface area contributed by atoms with E-state index in [0.29, 0.717) is 6.42 Å². The summed E-state index contributed by atoms with van der Waals surface area (Å²) >= 11 is 0. The van der Waals surface area contributed by atoms with Crippen LogP contribution in [0.1, 0.15) is 34.3 Å². The fourth-order valence-electron chi connectivity index (χ4n) is 2.20. The molecule has 0 saturated heterocycles. The molecule has 1 unspecified atom stereocenters. The molecular weight excluding hydrogens is 216 g/mol. The average molecular weight is 234 g/mol. The number of aliphatic hydroxyl groups excluding tert-OH is 1. The molecule has 2 aromatic rings. The Kier molecular flexibility index (Phi) is 3.07. The van der Waals surface area contributed by atoms with Crippen LogP contribution in [0.15, 0.2) is 16.8 Å². The predicted molar refractivity (Wildman–Crippen MR) is 64.8 cm³/mol. The molecule has 0 aliphatic carbocycles. The van der Waals surface area contributed by atoms with Crippen molar-refractivity contribution >= 4 is 0 Å². The Morgan fingerprint density at radius 3 is 2.53 bits per heavy atom. The summed E-state index contributed by atoms with van der Waals surface area (Å²) in [5, 5.41) is 14.4. The van der Waals surface area contributed by atoms with Crippen molar-refractivity contribution in [2.75, 3.05) is 0 Å². The quantitative estimate of drug-likeness (QED) is 0.885. The monoisotopic (exact) mass is 234 g/mol. The Bertz CT molecular complexity index is 526. The van der Waals surface area contributed by atoms with Gasteiger partial charge in [-0.15, -0.1) is 0 Å². The maximum Gasteiger partial charge on any atom is 0.107 e. The van der Waals surface area contributed by atoms with Gasteiger partial charge >= 0.3 is 0 Å². The van der Waals surface area contributed by atoms with Crippen LogP contribution in [0.3, 0.4) is 0 Å². The van der Waals surface area contributed by atoms with Crippen molar-refractivity contribution in [3.05, 3.63) is 40.6 Å². The lowest BCUT2D eigenvalue weighted by Crippen LogP contribution is -2.03. The summed E-state index contributed by atoms with van der Waals surface area (Å²) in [4.78, 5) is 0. The number of furan rings is 1. The van der Waals surface area contributed by atoms with E-state index in [1.54, 1.807) is 10.9 Å². The van der Waals surface area contributed by atoms with Crippen LogP contribution in [0.4, 0.5) is 0 Å². The lowest BCUT2D eigenvalue weighted by atomic mass is 10.00. The van der Waals surface area contributed by atoms with Crippen LogP contribution in [0.25, 0.3) is 0 Å². The van der Waals surface area contributed by atoms with E-state index in [0.717, 1.165) is 28.2 Å². The number of aliphatic hydroxyl groups is 1. The fourth-order valence-corrected chi connectivity index (χ4v) is 2.20. The maximum absolute atomic E-state index is 10.3. The van der Waals surface area contributed by atoms with E-state index in [-0.39, 0.29) is 0 Å². The molecule has 0 amide bonds. The van der Waals surface area contributed by atoms with E-state index in [2.05, 4.69) is 5.10 Å².